The second-order valence-electron chi connectivity index (χ2n) is 9.83. The molecule has 216 valence electrons. The molecule has 5 rings (SSSR count). The first kappa shape index (κ1) is 28.7. The van der Waals surface area contributed by atoms with Crippen LogP contribution in [0.25, 0.3) is 0 Å². The van der Waals surface area contributed by atoms with Crippen molar-refractivity contribution in [2.24, 2.45) is 5.92 Å². The summed E-state index contributed by atoms with van der Waals surface area (Å²) in [5, 5.41) is 12.4. The molecule has 3 aromatic rings. The molecule has 2 aliphatic rings. The highest BCUT2D eigenvalue weighted by molar-refractivity contribution is 6.30. The smallest absolute Gasteiger partial charge is 0.328 e. The zero-order valence-corrected chi connectivity index (χ0v) is 23.4. The van der Waals surface area contributed by atoms with Gasteiger partial charge in [0, 0.05) is 22.6 Å². The van der Waals surface area contributed by atoms with Crippen molar-refractivity contribution in [3.63, 3.8) is 0 Å². The molecule has 0 saturated carbocycles. The minimum Gasteiger partial charge on any atom is -0.490 e. The Bertz CT molecular complexity index is 1560. The Morgan fingerprint density at radius 2 is 1.64 bits per heavy atom. The van der Waals surface area contributed by atoms with E-state index in [0.29, 0.717) is 16.1 Å². The van der Waals surface area contributed by atoms with E-state index in [1.807, 2.05) is 0 Å². The fourth-order valence-corrected chi connectivity index (χ4v) is 6.00. The van der Waals surface area contributed by atoms with Gasteiger partial charge in [0.2, 0.25) is 0 Å². The summed E-state index contributed by atoms with van der Waals surface area (Å²) in [6.07, 6.45) is 0. The third-order valence-corrected chi connectivity index (χ3v) is 7.84. The summed E-state index contributed by atoms with van der Waals surface area (Å²) in [5.74, 6) is -3.70. The standard InChI is InChI=1S/C30H26ClN3O8/c1-3-42-23(35)16-32-29(37)27-24(17-9-12-20(31)13-10-17)25(28(36)18-7-5-4-6-8-18)26(33(27)30(32)38)19-11-14-22(41-2)21(15-19)34(39)40/h4-15,24-27H,3,16H2,1-2H3. The number of methoxy groups -OCH3 is 1. The average Bonchev–Trinajstić information content (AvgIpc) is 3.46. The molecule has 0 N–H and O–H groups in total. The van der Waals surface area contributed by atoms with Crippen molar-refractivity contribution < 1.29 is 33.6 Å². The van der Waals surface area contributed by atoms with Gasteiger partial charge in [-0.1, -0.05) is 60.1 Å². The van der Waals surface area contributed by atoms with Crippen LogP contribution in [0.2, 0.25) is 5.02 Å². The van der Waals surface area contributed by atoms with Gasteiger partial charge in [-0.25, -0.2) is 4.79 Å². The Labute approximate surface area is 245 Å². The number of ketones is 1. The molecule has 0 aliphatic carbocycles. The van der Waals surface area contributed by atoms with Gasteiger partial charge in [0.05, 0.1) is 30.6 Å². The molecule has 4 unspecified atom stereocenters. The summed E-state index contributed by atoms with van der Waals surface area (Å²) in [7, 11) is 1.29. The predicted molar refractivity (Wildman–Crippen MR) is 150 cm³/mol. The maximum Gasteiger partial charge on any atom is 0.328 e. The van der Waals surface area contributed by atoms with Gasteiger partial charge in [-0.05, 0) is 36.2 Å². The number of carbonyl (C=O) groups excluding carboxylic acids is 4. The van der Waals surface area contributed by atoms with Crippen molar-refractivity contribution in [3.8, 4) is 5.75 Å². The number of ether oxygens (including phenoxy) is 2. The third kappa shape index (κ3) is 4.96. The van der Waals surface area contributed by atoms with Crippen LogP contribution in [0.15, 0.2) is 72.8 Å². The number of hydrogen-bond acceptors (Lipinski definition) is 8. The predicted octanol–water partition coefficient (Wildman–Crippen LogP) is 4.79. The van der Waals surface area contributed by atoms with E-state index in [9.17, 15) is 29.3 Å². The molecule has 2 heterocycles. The third-order valence-electron chi connectivity index (χ3n) is 7.59. The molecule has 0 aromatic heterocycles. The molecular weight excluding hydrogens is 566 g/mol. The van der Waals surface area contributed by atoms with Crippen molar-refractivity contribution in [1.29, 1.82) is 0 Å². The summed E-state index contributed by atoms with van der Waals surface area (Å²) in [6, 6.07) is 16.1. The molecular formula is C30H26ClN3O8. The number of hydrogen-bond donors (Lipinski definition) is 0. The van der Waals surface area contributed by atoms with E-state index in [0.717, 1.165) is 4.90 Å². The summed E-state index contributed by atoms with van der Waals surface area (Å²) < 4.78 is 10.1. The number of nitro groups is 1. The Balaban J connectivity index is 1.73. The number of fused-ring (bicyclic) bond motifs is 1. The van der Waals surface area contributed by atoms with Gasteiger partial charge in [-0.15, -0.1) is 0 Å². The van der Waals surface area contributed by atoms with E-state index in [4.69, 9.17) is 21.1 Å². The number of Topliss-reactive ketones (excluding diaryl/α,β-unsaturated/α-hetero) is 1. The van der Waals surface area contributed by atoms with E-state index in [1.165, 1.54) is 30.2 Å². The van der Waals surface area contributed by atoms with Crippen LogP contribution in [0.1, 0.15) is 40.4 Å². The van der Waals surface area contributed by atoms with Gasteiger partial charge in [0.25, 0.3) is 5.91 Å². The van der Waals surface area contributed by atoms with Crippen molar-refractivity contribution in [2.75, 3.05) is 20.3 Å². The highest BCUT2D eigenvalue weighted by Gasteiger charge is 2.63. The Hall–Kier alpha value is -4.77. The van der Waals surface area contributed by atoms with Gasteiger partial charge in [0.15, 0.2) is 11.5 Å². The second kappa shape index (κ2) is 11.6. The van der Waals surface area contributed by atoms with Crippen LogP contribution in [0, 0.1) is 16.0 Å². The summed E-state index contributed by atoms with van der Waals surface area (Å²) in [5.41, 5.74) is 0.804. The maximum atomic E-state index is 14.3. The van der Waals surface area contributed by atoms with Crippen LogP contribution >= 0.6 is 11.6 Å². The topological polar surface area (TPSA) is 136 Å². The highest BCUT2D eigenvalue weighted by Crippen LogP contribution is 2.54. The molecule has 2 fully saturated rings. The molecule has 4 atom stereocenters. The molecule has 11 nitrogen and oxygen atoms in total. The quantitative estimate of drug-likeness (QED) is 0.114. The zero-order chi connectivity index (χ0) is 30.1. The molecule has 0 radical (unpaired) electrons. The van der Waals surface area contributed by atoms with Gasteiger partial charge in [-0.3, -0.25) is 29.4 Å². The van der Waals surface area contributed by atoms with Crippen LogP contribution in [0.4, 0.5) is 10.5 Å². The SMILES string of the molecule is CCOC(=O)CN1C(=O)C2C(c3ccc(Cl)cc3)C(C(=O)c3ccccc3)C(c3ccc(OC)c([N+](=O)[O-])c3)N2C1=O. The number of amides is 3. The normalized spacial score (nSPS) is 21.3. The minimum atomic E-state index is -1.18. The number of carbonyl (C=O) groups is 4. The fraction of sp³-hybridized carbons (Fsp3) is 0.267. The van der Waals surface area contributed by atoms with E-state index in [2.05, 4.69) is 0 Å². The fourth-order valence-electron chi connectivity index (χ4n) is 5.87. The van der Waals surface area contributed by atoms with Crippen molar-refractivity contribution in [2.45, 2.75) is 24.9 Å². The lowest BCUT2D eigenvalue weighted by Gasteiger charge is -2.28. The van der Waals surface area contributed by atoms with Crippen LogP contribution in [-0.4, -0.2) is 64.7 Å². The molecule has 0 spiro atoms. The van der Waals surface area contributed by atoms with E-state index < -0.39 is 53.3 Å². The molecule has 3 amide bonds. The van der Waals surface area contributed by atoms with Crippen molar-refractivity contribution in [1.82, 2.24) is 9.80 Å². The van der Waals surface area contributed by atoms with Gasteiger partial charge < -0.3 is 14.4 Å². The van der Waals surface area contributed by atoms with Gasteiger partial charge in [0.1, 0.15) is 12.6 Å². The van der Waals surface area contributed by atoms with Crippen LogP contribution < -0.4 is 4.74 Å². The molecule has 0 bridgehead atoms. The summed E-state index contributed by atoms with van der Waals surface area (Å²) in [4.78, 5) is 67.9. The monoisotopic (exact) mass is 591 g/mol. The maximum absolute atomic E-state index is 14.3. The number of rotatable bonds is 9. The molecule has 12 heteroatoms. The van der Waals surface area contributed by atoms with Crippen molar-refractivity contribution >= 4 is 41.0 Å². The molecule has 2 saturated heterocycles. The Kier molecular flexibility index (Phi) is 7.95. The van der Waals surface area contributed by atoms with Gasteiger partial charge >= 0.3 is 17.7 Å². The highest BCUT2D eigenvalue weighted by atomic mass is 35.5. The summed E-state index contributed by atoms with van der Waals surface area (Å²) >= 11 is 6.15. The lowest BCUT2D eigenvalue weighted by Crippen LogP contribution is -2.41. The summed E-state index contributed by atoms with van der Waals surface area (Å²) in [6.45, 7) is 1.05. The number of benzene rings is 3. The number of imide groups is 1. The van der Waals surface area contributed by atoms with Gasteiger partial charge in [-0.2, -0.15) is 0 Å². The average molecular weight is 592 g/mol. The molecule has 42 heavy (non-hydrogen) atoms. The lowest BCUT2D eigenvalue weighted by molar-refractivity contribution is -0.385. The van der Waals surface area contributed by atoms with Crippen molar-refractivity contribution in [3.05, 3.63) is 105 Å². The number of nitrogens with zero attached hydrogens (tertiary/aromatic N) is 3. The Morgan fingerprint density at radius 3 is 2.26 bits per heavy atom. The van der Waals surface area contributed by atoms with E-state index >= 15 is 0 Å². The minimum absolute atomic E-state index is 0.00811. The number of urea groups is 1. The van der Waals surface area contributed by atoms with Crippen LogP contribution in [-0.2, 0) is 14.3 Å². The van der Waals surface area contributed by atoms with E-state index in [-0.39, 0.29) is 29.4 Å². The zero-order valence-electron chi connectivity index (χ0n) is 22.6. The van der Waals surface area contributed by atoms with Crippen LogP contribution in [0.3, 0.4) is 0 Å². The van der Waals surface area contributed by atoms with E-state index in [1.54, 1.807) is 61.5 Å². The number of nitro benzene ring substituents is 1. The first-order valence-corrected chi connectivity index (χ1v) is 13.5. The second-order valence-corrected chi connectivity index (χ2v) is 10.3. The first-order valence-electron chi connectivity index (χ1n) is 13.1. The first-order chi connectivity index (χ1) is 20.2. The largest absolute Gasteiger partial charge is 0.490 e. The Morgan fingerprint density at radius 1 is 0.976 bits per heavy atom. The molecule has 2 aliphatic heterocycles. The van der Waals surface area contributed by atoms with Crippen LogP contribution in [0.5, 0.6) is 5.75 Å². The number of halogens is 1. The molecule has 3 aromatic carbocycles. The lowest BCUT2D eigenvalue weighted by atomic mass is 9.75. The number of esters is 1.